The average molecular weight is 415 g/mol. The van der Waals surface area contributed by atoms with E-state index in [0.29, 0.717) is 36.3 Å². The van der Waals surface area contributed by atoms with E-state index in [0.717, 1.165) is 28.7 Å². The van der Waals surface area contributed by atoms with E-state index in [4.69, 9.17) is 9.47 Å². The molecular weight excluding hydrogens is 396 g/mol. The summed E-state index contributed by atoms with van der Waals surface area (Å²) in [5.74, 6) is 0.603. The van der Waals surface area contributed by atoms with Crippen molar-refractivity contribution in [1.29, 1.82) is 0 Å². The van der Waals surface area contributed by atoms with Crippen molar-refractivity contribution >= 4 is 44.8 Å². The zero-order valence-corrected chi connectivity index (χ0v) is 15.7. The Labute approximate surface area is 152 Å². The van der Waals surface area contributed by atoms with Crippen molar-refractivity contribution in [1.82, 2.24) is 5.32 Å². The maximum absolute atomic E-state index is 12.8. The van der Waals surface area contributed by atoms with Crippen molar-refractivity contribution in [3.05, 3.63) is 8.66 Å². The molecule has 1 amide bonds. The third kappa shape index (κ3) is 2.42. The molecule has 1 aromatic rings. The highest BCUT2D eigenvalue weighted by atomic mass is 79.9. The van der Waals surface area contributed by atoms with Crippen molar-refractivity contribution < 1.29 is 19.1 Å². The number of ether oxygens (including phenoxy) is 2. The van der Waals surface area contributed by atoms with Crippen LogP contribution < -0.4 is 15.0 Å². The minimum absolute atomic E-state index is 0.124. The first-order valence-corrected chi connectivity index (χ1v) is 9.92. The molecule has 2 unspecified atom stereocenters. The van der Waals surface area contributed by atoms with Gasteiger partial charge in [0.2, 0.25) is 0 Å². The minimum Gasteiger partial charge on any atom is -0.487 e. The monoisotopic (exact) mass is 414 g/mol. The van der Waals surface area contributed by atoms with Crippen LogP contribution in [-0.4, -0.2) is 43.7 Å². The Balaban J connectivity index is 1.81. The summed E-state index contributed by atoms with van der Waals surface area (Å²) in [6.07, 6.45) is 3.22. The predicted octanol–water partition coefficient (Wildman–Crippen LogP) is 2.55. The molecule has 3 aliphatic rings. The molecular formula is C16H19BrN2O4S. The molecule has 1 aromatic heterocycles. The number of thiophene rings is 1. The fourth-order valence-corrected chi connectivity index (χ4v) is 5.40. The molecule has 130 valence electrons. The predicted molar refractivity (Wildman–Crippen MR) is 93.9 cm³/mol. The Bertz CT molecular complexity index is 688. The Morgan fingerprint density at radius 1 is 1.50 bits per heavy atom. The van der Waals surface area contributed by atoms with Gasteiger partial charge < -0.3 is 19.7 Å². The van der Waals surface area contributed by atoms with E-state index in [1.54, 1.807) is 0 Å². The number of rotatable bonds is 3. The van der Waals surface area contributed by atoms with E-state index in [2.05, 4.69) is 21.2 Å². The number of anilines is 1. The zero-order chi connectivity index (χ0) is 16.8. The van der Waals surface area contributed by atoms with Crippen LogP contribution in [0.2, 0.25) is 0 Å². The van der Waals surface area contributed by atoms with Gasteiger partial charge in [-0.1, -0.05) is 6.42 Å². The molecule has 1 aliphatic carbocycles. The molecule has 6 nitrogen and oxygen atoms in total. The lowest BCUT2D eigenvalue weighted by atomic mass is 9.76. The molecule has 0 saturated heterocycles. The van der Waals surface area contributed by atoms with E-state index < -0.39 is 6.04 Å². The second-order valence-electron chi connectivity index (χ2n) is 6.31. The van der Waals surface area contributed by atoms with Gasteiger partial charge >= 0.3 is 5.97 Å². The summed E-state index contributed by atoms with van der Waals surface area (Å²) in [5, 5.41) is 3.11. The Morgan fingerprint density at radius 2 is 2.29 bits per heavy atom. The van der Waals surface area contributed by atoms with Crippen LogP contribution in [0.4, 0.5) is 5.69 Å². The Hall–Kier alpha value is -1.28. The normalized spacial score (nSPS) is 25.9. The van der Waals surface area contributed by atoms with Crippen molar-refractivity contribution in [2.45, 2.75) is 38.3 Å². The Morgan fingerprint density at radius 3 is 2.96 bits per heavy atom. The zero-order valence-electron chi connectivity index (χ0n) is 13.3. The van der Waals surface area contributed by atoms with Crippen molar-refractivity contribution in [2.24, 2.45) is 5.92 Å². The van der Waals surface area contributed by atoms with Gasteiger partial charge in [0, 0.05) is 0 Å². The number of nitrogens with zero attached hydrogens (tertiary/aromatic N) is 1. The van der Waals surface area contributed by atoms with Crippen LogP contribution in [-0.2, 0) is 9.53 Å². The van der Waals surface area contributed by atoms with Crippen molar-refractivity contribution in [3.63, 3.8) is 0 Å². The van der Waals surface area contributed by atoms with Crippen molar-refractivity contribution in [3.8, 4) is 5.75 Å². The molecule has 0 aromatic carbocycles. The molecule has 2 atom stereocenters. The summed E-state index contributed by atoms with van der Waals surface area (Å²) < 4.78 is 11.9. The molecule has 2 aliphatic heterocycles. The highest BCUT2D eigenvalue weighted by Gasteiger charge is 2.48. The minimum atomic E-state index is -0.496. The Kier molecular flexibility index (Phi) is 4.20. The van der Waals surface area contributed by atoms with E-state index in [9.17, 15) is 9.59 Å². The van der Waals surface area contributed by atoms with E-state index in [-0.39, 0.29) is 17.9 Å². The van der Waals surface area contributed by atoms with E-state index in [1.807, 2.05) is 11.8 Å². The third-order valence-corrected chi connectivity index (χ3v) is 6.83. The lowest BCUT2D eigenvalue weighted by molar-refractivity contribution is -0.146. The second-order valence-corrected chi connectivity index (χ2v) is 8.65. The van der Waals surface area contributed by atoms with Crippen LogP contribution in [0.5, 0.6) is 5.75 Å². The number of carbonyl (C=O) groups excluding carboxylic acids is 2. The number of amides is 1. The fourth-order valence-electron chi connectivity index (χ4n) is 3.72. The summed E-state index contributed by atoms with van der Waals surface area (Å²) in [6.45, 7) is 3.20. The van der Waals surface area contributed by atoms with Crippen LogP contribution in [0, 0.1) is 5.92 Å². The molecule has 0 bridgehead atoms. The second kappa shape index (κ2) is 6.22. The first-order chi connectivity index (χ1) is 11.6. The highest BCUT2D eigenvalue weighted by Crippen LogP contribution is 2.50. The standard InChI is InChI=1S/C16H19BrN2O4S/c1-2-22-16(21)10-9(8-4-3-5-8)18-15(20)13-11-12(14(17)24-13)23-7-6-19(10)11/h8-10H,2-7H2,1H3,(H,18,20). The number of esters is 1. The van der Waals surface area contributed by atoms with Crippen LogP contribution in [0.15, 0.2) is 3.79 Å². The third-order valence-electron chi connectivity index (χ3n) is 5.03. The number of hydrogen-bond donors (Lipinski definition) is 1. The van der Waals surface area contributed by atoms with Gasteiger partial charge in [0.1, 0.15) is 27.0 Å². The van der Waals surface area contributed by atoms with E-state index in [1.165, 1.54) is 11.3 Å². The SMILES string of the molecule is CCOC(=O)C1C(C2CCC2)NC(=O)c2sc(Br)c3c2N1CCO3. The quantitative estimate of drug-likeness (QED) is 0.769. The molecule has 0 radical (unpaired) electrons. The largest absolute Gasteiger partial charge is 0.487 e. The maximum Gasteiger partial charge on any atom is 0.330 e. The van der Waals surface area contributed by atoms with Crippen molar-refractivity contribution in [2.75, 3.05) is 24.7 Å². The van der Waals surface area contributed by atoms with Crippen LogP contribution in [0.25, 0.3) is 0 Å². The molecule has 0 spiro atoms. The van der Waals surface area contributed by atoms with Gasteiger partial charge in [0.05, 0.1) is 19.2 Å². The van der Waals surface area contributed by atoms with Crippen LogP contribution in [0.1, 0.15) is 35.9 Å². The molecule has 4 rings (SSSR count). The summed E-state index contributed by atoms with van der Waals surface area (Å²) in [5.41, 5.74) is 0.732. The van der Waals surface area contributed by atoms with E-state index >= 15 is 0 Å². The van der Waals surface area contributed by atoms with Gasteiger partial charge in [-0.3, -0.25) is 4.79 Å². The molecule has 8 heteroatoms. The average Bonchev–Trinajstić information content (AvgIpc) is 2.78. The lowest BCUT2D eigenvalue weighted by Gasteiger charge is -2.42. The molecule has 3 heterocycles. The van der Waals surface area contributed by atoms with Gasteiger partial charge in [0.25, 0.3) is 5.91 Å². The maximum atomic E-state index is 12.8. The summed E-state index contributed by atoms with van der Waals surface area (Å²) in [6, 6.07) is -0.709. The van der Waals surface area contributed by atoms with Gasteiger partial charge in [-0.2, -0.15) is 0 Å². The summed E-state index contributed by atoms with van der Waals surface area (Å²) in [4.78, 5) is 28.2. The molecule has 1 saturated carbocycles. The van der Waals surface area contributed by atoms with Gasteiger partial charge in [-0.15, -0.1) is 11.3 Å². The number of nitrogens with one attached hydrogen (secondary N) is 1. The van der Waals surface area contributed by atoms with Gasteiger partial charge in [-0.05, 0) is 41.6 Å². The molecule has 1 fully saturated rings. The smallest absolute Gasteiger partial charge is 0.330 e. The fraction of sp³-hybridized carbons (Fsp3) is 0.625. The first-order valence-electron chi connectivity index (χ1n) is 8.31. The summed E-state index contributed by atoms with van der Waals surface area (Å²) >= 11 is 4.84. The molecule has 1 N–H and O–H groups in total. The number of halogens is 1. The van der Waals surface area contributed by atoms with Gasteiger partial charge in [0.15, 0.2) is 5.75 Å². The van der Waals surface area contributed by atoms with Gasteiger partial charge in [-0.25, -0.2) is 4.79 Å². The topological polar surface area (TPSA) is 67.9 Å². The van der Waals surface area contributed by atoms with Crippen LogP contribution >= 0.6 is 27.3 Å². The first kappa shape index (κ1) is 16.2. The highest BCUT2D eigenvalue weighted by molar-refractivity contribution is 9.11. The van der Waals surface area contributed by atoms with Crippen LogP contribution in [0.3, 0.4) is 0 Å². The lowest BCUT2D eigenvalue weighted by Crippen LogP contribution is -2.59. The number of hydrogen-bond acceptors (Lipinski definition) is 6. The number of carbonyl (C=O) groups is 2. The summed E-state index contributed by atoms with van der Waals surface area (Å²) in [7, 11) is 0. The molecule has 24 heavy (non-hydrogen) atoms.